The van der Waals surface area contributed by atoms with Crippen LogP contribution in [0.2, 0.25) is 0 Å². The first-order valence-electron chi connectivity index (χ1n) is 24.2. The Balaban J connectivity index is 1.26. The molecule has 1 aliphatic rings. The maximum absolute atomic E-state index is 12.5. The standard InChI is InChI=1S/C65H40N6/c1-65(2)49-27-11-3-25-45(49)59-50(65)35-36-58-60(59)46-26-10-18-34-57(46)71(58)61-47(37-66)62(68-51-28-12-4-19-39(51)40-20-5-13-29-52(40)68)64(70-55-32-16-8-23-43(55)44-24-9-17-33-56(44)70)63(48(61)38-67)69-53-30-14-6-21-41(53)42-22-7-15-31-54(42)69/h3-36H,1-2H3. The van der Waals surface area contributed by atoms with Crippen molar-refractivity contribution < 1.29 is 0 Å². The van der Waals surface area contributed by atoms with E-state index in [0.717, 1.165) is 92.9 Å². The molecule has 0 amide bonds. The van der Waals surface area contributed by atoms with E-state index in [4.69, 9.17) is 0 Å². The van der Waals surface area contributed by atoms with Crippen molar-refractivity contribution >= 4 is 87.2 Å². The molecule has 0 unspecified atom stereocenters. The number of hydrogen-bond acceptors (Lipinski definition) is 2. The monoisotopic (exact) mass is 904 g/mol. The molecule has 15 rings (SSSR count). The van der Waals surface area contributed by atoms with Crippen molar-refractivity contribution in [1.29, 1.82) is 10.5 Å². The predicted molar refractivity (Wildman–Crippen MR) is 291 cm³/mol. The van der Waals surface area contributed by atoms with Gasteiger partial charge in [0.25, 0.3) is 0 Å². The molecule has 14 aromatic rings. The van der Waals surface area contributed by atoms with Crippen molar-refractivity contribution in [2.24, 2.45) is 0 Å². The lowest BCUT2D eigenvalue weighted by atomic mass is 9.82. The molecule has 6 heteroatoms. The van der Waals surface area contributed by atoms with Gasteiger partial charge < -0.3 is 18.3 Å². The molecule has 330 valence electrons. The topological polar surface area (TPSA) is 67.3 Å². The lowest BCUT2D eigenvalue weighted by Gasteiger charge is -2.27. The van der Waals surface area contributed by atoms with Crippen molar-refractivity contribution in [3.63, 3.8) is 0 Å². The Morgan fingerprint density at radius 2 is 0.634 bits per heavy atom. The molecule has 0 atom stereocenters. The zero-order chi connectivity index (χ0) is 47.3. The number of rotatable bonds is 4. The molecular weight excluding hydrogens is 865 g/mol. The summed E-state index contributed by atoms with van der Waals surface area (Å²) in [5.41, 5.74) is 15.7. The molecule has 0 N–H and O–H groups in total. The van der Waals surface area contributed by atoms with E-state index >= 15 is 0 Å². The zero-order valence-corrected chi connectivity index (χ0v) is 38.8. The van der Waals surface area contributed by atoms with Gasteiger partial charge in [-0.3, -0.25) is 0 Å². The van der Waals surface area contributed by atoms with Gasteiger partial charge in [0, 0.05) is 48.5 Å². The highest BCUT2D eigenvalue weighted by atomic mass is 15.1. The molecule has 4 aromatic heterocycles. The van der Waals surface area contributed by atoms with Crippen LogP contribution in [0.15, 0.2) is 206 Å². The van der Waals surface area contributed by atoms with E-state index in [1.807, 2.05) is 0 Å². The number of nitriles is 2. The summed E-state index contributed by atoms with van der Waals surface area (Å²) in [4.78, 5) is 0. The molecule has 4 heterocycles. The second-order valence-corrected chi connectivity index (χ2v) is 19.4. The molecular formula is C65H40N6. The largest absolute Gasteiger partial charge is 0.306 e. The fourth-order valence-electron chi connectivity index (χ4n) is 12.8. The predicted octanol–water partition coefficient (Wildman–Crippen LogP) is 16.1. The minimum absolute atomic E-state index is 0.240. The molecule has 10 aromatic carbocycles. The Morgan fingerprint density at radius 1 is 0.310 bits per heavy atom. The highest BCUT2D eigenvalue weighted by molar-refractivity contribution is 6.19. The van der Waals surface area contributed by atoms with E-state index in [2.05, 4.69) is 251 Å². The Hall–Kier alpha value is -9.62. The number of hydrogen-bond donors (Lipinski definition) is 0. The van der Waals surface area contributed by atoms with Gasteiger partial charge >= 0.3 is 0 Å². The Morgan fingerprint density at radius 3 is 1.04 bits per heavy atom. The molecule has 6 nitrogen and oxygen atoms in total. The molecule has 71 heavy (non-hydrogen) atoms. The number of benzene rings is 10. The summed E-state index contributed by atoms with van der Waals surface area (Å²) in [6.45, 7) is 4.63. The molecule has 0 fully saturated rings. The SMILES string of the molecule is CC1(C)c2ccccc2-c2c1ccc1c2c2ccccc2n1-c1c(C#N)c(-n2c3ccccc3c3ccccc32)c(-n2c3ccccc3c3ccccc32)c(-n2c3ccccc3c3ccccc32)c1C#N. The third-order valence-corrected chi connectivity index (χ3v) is 15.6. The summed E-state index contributed by atoms with van der Waals surface area (Å²) >= 11 is 0. The van der Waals surface area contributed by atoms with Gasteiger partial charge in [-0.2, -0.15) is 10.5 Å². The van der Waals surface area contributed by atoms with Gasteiger partial charge in [0.1, 0.15) is 23.3 Å². The first kappa shape index (κ1) is 39.4. The van der Waals surface area contributed by atoms with Crippen LogP contribution in [0.3, 0.4) is 0 Å². The van der Waals surface area contributed by atoms with E-state index in [0.29, 0.717) is 28.2 Å². The summed E-state index contributed by atoms with van der Waals surface area (Å²) in [6, 6.07) is 78.6. The Labute approximate surface area is 407 Å². The average Bonchev–Trinajstić information content (AvgIpc) is 4.19. The third kappa shape index (κ3) is 4.98. The summed E-state index contributed by atoms with van der Waals surface area (Å²) in [5.74, 6) is 0. The molecule has 0 aliphatic heterocycles. The van der Waals surface area contributed by atoms with Crippen molar-refractivity contribution in [3.05, 3.63) is 229 Å². The van der Waals surface area contributed by atoms with Crippen LogP contribution < -0.4 is 0 Å². The minimum Gasteiger partial charge on any atom is -0.306 e. The number of aromatic nitrogens is 4. The maximum Gasteiger partial charge on any atom is 0.104 e. The second-order valence-electron chi connectivity index (χ2n) is 19.4. The second kappa shape index (κ2) is 14.2. The molecule has 1 aliphatic carbocycles. The van der Waals surface area contributed by atoms with Gasteiger partial charge in [-0.1, -0.05) is 172 Å². The normalized spacial score (nSPS) is 13.0. The quantitative estimate of drug-likeness (QED) is 0.177. The van der Waals surface area contributed by atoms with E-state index in [-0.39, 0.29) is 5.41 Å². The summed E-state index contributed by atoms with van der Waals surface area (Å²) in [6.07, 6.45) is 0. The molecule has 0 radical (unpaired) electrons. The van der Waals surface area contributed by atoms with Crippen LogP contribution in [0.4, 0.5) is 0 Å². The molecule has 0 spiro atoms. The number of para-hydroxylation sites is 7. The summed E-state index contributed by atoms with van der Waals surface area (Å²) in [7, 11) is 0. The minimum atomic E-state index is -0.240. The van der Waals surface area contributed by atoms with Crippen LogP contribution in [0, 0.1) is 22.7 Å². The van der Waals surface area contributed by atoms with E-state index in [1.165, 1.54) is 22.3 Å². The Kier molecular flexibility index (Phi) is 7.88. The van der Waals surface area contributed by atoms with Gasteiger partial charge in [-0.05, 0) is 70.8 Å². The number of fused-ring (bicyclic) bond motifs is 16. The Bertz CT molecular complexity index is 4450. The van der Waals surface area contributed by atoms with E-state index < -0.39 is 0 Å². The van der Waals surface area contributed by atoms with Crippen molar-refractivity contribution in [1.82, 2.24) is 18.3 Å². The summed E-state index contributed by atoms with van der Waals surface area (Å²) in [5, 5.41) is 33.5. The van der Waals surface area contributed by atoms with E-state index in [1.54, 1.807) is 0 Å². The fourth-order valence-corrected chi connectivity index (χ4v) is 12.8. The van der Waals surface area contributed by atoms with Crippen molar-refractivity contribution in [2.75, 3.05) is 0 Å². The van der Waals surface area contributed by atoms with Crippen molar-refractivity contribution in [2.45, 2.75) is 19.3 Å². The van der Waals surface area contributed by atoms with Crippen LogP contribution in [-0.2, 0) is 5.41 Å². The highest BCUT2D eigenvalue weighted by Crippen LogP contribution is 2.55. The van der Waals surface area contributed by atoms with Gasteiger partial charge in [0.15, 0.2) is 0 Å². The zero-order valence-electron chi connectivity index (χ0n) is 38.8. The van der Waals surface area contributed by atoms with Gasteiger partial charge in [-0.25, -0.2) is 0 Å². The van der Waals surface area contributed by atoms with Gasteiger partial charge in [0.2, 0.25) is 0 Å². The first-order valence-corrected chi connectivity index (χ1v) is 24.2. The van der Waals surface area contributed by atoms with Crippen molar-refractivity contribution in [3.8, 4) is 46.0 Å². The van der Waals surface area contributed by atoms with Crippen LogP contribution in [0.1, 0.15) is 36.1 Å². The third-order valence-electron chi connectivity index (χ3n) is 15.6. The number of nitrogens with zero attached hydrogens (tertiary/aromatic N) is 6. The van der Waals surface area contributed by atoms with Crippen LogP contribution in [-0.4, -0.2) is 18.3 Å². The average molecular weight is 905 g/mol. The van der Waals surface area contributed by atoms with Gasteiger partial charge in [-0.15, -0.1) is 0 Å². The fraction of sp³-hybridized carbons (Fsp3) is 0.0462. The lowest BCUT2D eigenvalue weighted by molar-refractivity contribution is 0.661. The molecule has 0 saturated carbocycles. The molecule has 0 saturated heterocycles. The van der Waals surface area contributed by atoms with Crippen LogP contribution in [0.5, 0.6) is 0 Å². The smallest absolute Gasteiger partial charge is 0.104 e. The first-order chi connectivity index (χ1) is 35.0. The summed E-state index contributed by atoms with van der Waals surface area (Å²) < 4.78 is 9.16. The van der Waals surface area contributed by atoms with Crippen LogP contribution >= 0.6 is 0 Å². The van der Waals surface area contributed by atoms with E-state index in [9.17, 15) is 10.5 Å². The lowest BCUT2D eigenvalue weighted by Crippen LogP contribution is -2.17. The van der Waals surface area contributed by atoms with Gasteiger partial charge in [0.05, 0.1) is 66.9 Å². The molecule has 0 bridgehead atoms. The maximum atomic E-state index is 12.5. The van der Waals surface area contributed by atoms with Crippen LogP contribution in [0.25, 0.3) is 121 Å². The highest BCUT2D eigenvalue weighted by Gasteiger charge is 2.39.